The number of esters is 1. The van der Waals surface area contributed by atoms with Gasteiger partial charge in [0.25, 0.3) is 5.91 Å². The number of benzene rings is 2. The van der Waals surface area contributed by atoms with Gasteiger partial charge in [0.15, 0.2) is 6.61 Å². The molecule has 144 valence electrons. The molecule has 5 nitrogen and oxygen atoms in total. The molecule has 0 unspecified atom stereocenters. The molecule has 0 saturated carbocycles. The Kier molecular flexibility index (Phi) is 7.82. The number of ether oxygens (including phenoxy) is 2. The quantitative estimate of drug-likeness (QED) is 0.683. The van der Waals surface area contributed by atoms with Crippen LogP contribution in [0.1, 0.15) is 48.3 Å². The Hall–Kier alpha value is -2.37. The van der Waals surface area contributed by atoms with Crippen molar-refractivity contribution in [3.8, 4) is 0 Å². The monoisotopic (exact) mass is 389 g/mol. The molecule has 0 aliphatic carbocycles. The Bertz CT molecular complexity index is 774. The zero-order valence-electron chi connectivity index (χ0n) is 15.7. The minimum atomic E-state index is -0.549. The van der Waals surface area contributed by atoms with Crippen molar-refractivity contribution >= 4 is 23.5 Å². The van der Waals surface area contributed by atoms with Crippen molar-refractivity contribution in [3.63, 3.8) is 0 Å². The van der Waals surface area contributed by atoms with Crippen LogP contribution in [0.3, 0.4) is 0 Å². The van der Waals surface area contributed by atoms with E-state index >= 15 is 0 Å². The molecule has 0 aliphatic heterocycles. The van der Waals surface area contributed by atoms with Crippen molar-refractivity contribution in [2.45, 2.75) is 39.5 Å². The van der Waals surface area contributed by atoms with Gasteiger partial charge in [-0.3, -0.25) is 4.79 Å². The first-order chi connectivity index (χ1) is 12.9. The SMILES string of the molecule is CC(C)OCc1ccc(C(=O)OCC(=O)N[C@@H](C)c2ccccc2Cl)cc1. The van der Waals surface area contributed by atoms with E-state index in [2.05, 4.69) is 5.32 Å². The first-order valence-electron chi connectivity index (χ1n) is 8.78. The number of rotatable bonds is 8. The number of nitrogens with one attached hydrogen (secondary N) is 1. The van der Waals surface area contributed by atoms with Crippen LogP contribution < -0.4 is 5.32 Å². The van der Waals surface area contributed by atoms with E-state index in [0.717, 1.165) is 11.1 Å². The summed E-state index contributed by atoms with van der Waals surface area (Å²) >= 11 is 6.12. The molecule has 0 bridgehead atoms. The molecule has 2 aromatic carbocycles. The molecule has 0 fully saturated rings. The molecular formula is C21H24ClNO4. The number of amides is 1. The highest BCUT2D eigenvalue weighted by Gasteiger charge is 2.14. The second kappa shape index (κ2) is 10.1. The van der Waals surface area contributed by atoms with Crippen LogP contribution >= 0.6 is 11.6 Å². The molecule has 6 heteroatoms. The molecule has 0 heterocycles. The third-order valence-corrected chi connectivity index (χ3v) is 4.20. The van der Waals surface area contributed by atoms with Gasteiger partial charge in [-0.1, -0.05) is 41.9 Å². The minimum Gasteiger partial charge on any atom is -0.452 e. The van der Waals surface area contributed by atoms with Crippen LogP contribution in [0.2, 0.25) is 5.02 Å². The topological polar surface area (TPSA) is 64.6 Å². The predicted molar refractivity (Wildman–Crippen MR) is 105 cm³/mol. The van der Waals surface area contributed by atoms with Crippen molar-refractivity contribution in [3.05, 3.63) is 70.2 Å². The fourth-order valence-corrected chi connectivity index (χ4v) is 2.70. The number of carbonyl (C=O) groups is 2. The number of halogens is 1. The van der Waals surface area contributed by atoms with Crippen LogP contribution in [0.25, 0.3) is 0 Å². The lowest BCUT2D eigenvalue weighted by Crippen LogP contribution is -2.31. The van der Waals surface area contributed by atoms with E-state index < -0.39 is 11.9 Å². The first-order valence-corrected chi connectivity index (χ1v) is 9.16. The van der Waals surface area contributed by atoms with Crippen molar-refractivity contribution < 1.29 is 19.1 Å². The van der Waals surface area contributed by atoms with Crippen LogP contribution in [0.4, 0.5) is 0 Å². The van der Waals surface area contributed by atoms with Gasteiger partial charge in [0.2, 0.25) is 0 Å². The van der Waals surface area contributed by atoms with Crippen molar-refractivity contribution in [2.24, 2.45) is 0 Å². The van der Waals surface area contributed by atoms with Gasteiger partial charge in [-0.05, 0) is 50.1 Å². The lowest BCUT2D eigenvalue weighted by Gasteiger charge is -2.15. The van der Waals surface area contributed by atoms with Gasteiger partial charge in [-0.25, -0.2) is 4.79 Å². The van der Waals surface area contributed by atoms with E-state index in [9.17, 15) is 9.59 Å². The smallest absolute Gasteiger partial charge is 0.338 e. The second-order valence-electron chi connectivity index (χ2n) is 6.44. The molecule has 2 rings (SSSR count). The highest BCUT2D eigenvalue weighted by atomic mass is 35.5. The lowest BCUT2D eigenvalue weighted by atomic mass is 10.1. The van der Waals surface area contributed by atoms with Gasteiger partial charge in [0.05, 0.1) is 24.3 Å². The van der Waals surface area contributed by atoms with Crippen LogP contribution in [-0.2, 0) is 20.9 Å². The van der Waals surface area contributed by atoms with E-state index in [4.69, 9.17) is 21.1 Å². The molecule has 1 N–H and O–H groups in total. The summed E-state index contributed by atoms with van der Waals surface area (Å²) in [6.45, 7) is 5.87. The van der Waals surface area contributed by atoms with Crippen molar-refractivity contribution in [1.82, 2.24) is 5.32 Å². The Balaban J connectivity index is 1.82. The summed E-state index contributed by atoms with van der Waals surface area (Å²) in [6.07, 6.45) is 0.140. The third kappa shape index (κ3) is 6.70. The summed E-state index contributed by atoms with van der Waals surface area (Å²) in [4.78, 5) is 24.1. The average Bonchev–Trinajstić information content (AvgIpc) is 2.65. The second-order valence-corrected chi connectivity index (χ2v) is 6.85. The summed E-state index contributed by atoms with van der Waals surface area (Å²) in [7, 11) is 0. The maximum atomic E-state index is 12.1. The van der Waals surface area contributed by atoms with Gasteiger partial charge >= 0.3 is 5.97 Å². The van der Waals surface area contributed by atoms with Crippen LogP contribution in [0.15, 0.2) is 48.5 Å². The molecule has 0 aliphatic rings. The molecule has 0 spiro atoms. The minimum absolute atomic E-state index is 0.140. The van der Waals surface area contributed by atoms with E-state index in [1.807, 2.05) is 39.0 Å². The van der Waals surface area contributed by atoms with Crippen LogP contribution in [0, 0.1) is 0 Å². The zero-order chi connectivity index (χ0) is 19.8. The van der Waals surface area contributed by atoms with Gasteiger partial charge in [-0.15, -0.1) is 0 Å². The van der Waals surface area contributed by atoms with Gasteiger partial charge in [0, 0.05) is 5.02 Å². The molecule has 1 atom stereocenters. The summed E-state index contributed by atoms with van der Waals surface area (Å²) in [6, 6.07) is 13.9. The largest absolute Gasteiger partial charge is 0.452 e. The van der Waals surface area contributed by atoms with E-state index in [1.54, 1.807) is 30.3 Å². The highest BCUT2D eigenvalue weighted by Crippen LogP contribution is 2.21. The summed E-state index contributed by atoms with van der Waals surface area (Å²) < 4.78 is 10.6. The average molecular weight is 390 g/mol. The lowest BCUT2D eigenvalue weighted by molar-refractivity contribution is -0.124. The van der Waals surface area contributed by atoms with Gasteiger partial charge in [-0.2, -0.15) is 0 Å². The van der Waals surface area contributed by atoms with E-state index in [1.165, 1.54) is 0 Å². The fourth-order valence-electron chi connectivity index (χ4n) is 2.40. The normalized spacial score (nSPS) is 11.9. The van der Waals surface area contributed by atoms with Gasteiger partial charge < -0.3 is 14.8 Å². The van der Waals surface area contributed by atoms with Crippen LogP contribution in [-0.4, -0.2) is 24.6 Å². The highest BCUT2D eigenvalue weighted by molar-refractivity contribution is 6.31. The van der Waals surface area contributed by atoms with Crippen molar-refractivity contribution in [1.29, 1.82) is 0 Å². The summed E-state index contributed by atoms with van der Waals surface area (Å²) in [5.74, 6) is -0.940. The third-order valence-electron chi connectivity index (χ3n) is 3.86. The Morgan fingerprint density at radius 3 is 2.33 bits per heavy atom. The van der Waals surface area contributed by atoms with E-state index in [-0.39, 0.29) is 18.8 Å². The summed E-state index contributed by atoms with van der Waals surface area (Å²) in [5, 5.41) is 3.34. The molecule has 1 amide bonds. The maximum absolute atomic E-state index is 12.1. The molecule has 27 heavy (non-hydrogen) atoms. The zero-order valence-corrected chi connectivity index (χ0v) is 16.5. The fraction of sp³-hybridized carbons (Fsp3) is 0.333. The Morgan fingerprint density at radius 1 is 1.04 bits per heavy atom. The Morgan fingerprint density at radius 2 is 1.70 bits per heavy atom. The predicted octanol–water partition coefficient (Wildman–Crippen LogP) is 4.30. The van der Waals surface area contributed by atoms with E-state index in [0.29, 0.717) is 17.2 Å². The first kappa shape index (κ1) is 20.9. The Labute approximate surface area is 164 Å². The summed E-state index contributed by atoms with van der Waals surface area (Å²) in [5.41, 5.74) is 2.15. The number of hydrogen-bond acceptors (Lipinski definition) is 4. The molecular weight excluding hydrogens is 366 g/mol. The number of carbonyl (C=O) groups excluding carboxylic acids is 2. The molecule has 0 saturated heterocycles. The van der Waals surface area contributed by atoms with Crippen molar-refractivity contribution in [2.75, 3.05) is 6.61 Å². The maximum Gasteiger partial charge on any atom is 0.338 e. The molecule has 0 aromatic heterocycles. The van der Waals surface area contributed by atoms with Gasteiger partial charge in [0.1, 0.15) is 0 Å². The molecule has 2 aromatic rings. The number of hydrogen-bond donors (Lipinski definition) is 1. The standard InChI is InChI=1S/C21H24ClNO4/c1-14(2)26-12-16-8-10-17(11-9-16)21(25)27-13-20(24)23-15(3)18-6-4-5-7-19(18)22/h4-11,14-15H,12-13H2,1-3H3,(H,23,24)/t15-/m0/s1. The molecule has 0 radical (unpaired) electrons. The van der Waals surface area contributed by atoms with Crippen LogP contribution in [0.5, 0.6) is 0 Å².